The second-order valence-electron chi connectivity index (χ2n) is 6.08. The van der Waals surface area contributed by atoms with E-state index in [0.717, 1.165) is 0 Å². The summed E-state index contributed by atoms with van der Waals surface area (Å²) in [4.78, 5) is 36.9. The summed E-state index contributed by atoms with van der Waals surface area (Å²) in [5.41, 5.74) is 15.1. The molecular weight excluding hydrogens is 308 g/mol. The van der Waals surface area contributed by atoms with E-state index < -0.39 is 37.5 Å². The molecule has 0 radical (unpaired) electrons. The molecule has 118 valence electrons. The predicted molar refractivity (Wildman–Crippen MR) is 71.4 cm³/mol. The SMILES string of the molecule is NC1(C(N)(N)P(=O)(O)O)CCC12CCC2CP(=O)(O)O. The molecule has 0 saturated heterocycles. The first-order valence-corrected chi connectivity index (χ1v) is 9.65. The van der Waals surface area contributed by atoms with Gasteiger partial charge < -0.3 is 36.8 Å². The molecule has 2 fully saturated rings. The molecule has 11 heteroatoms. The highest BCUT2D eigenvalue weighted by Crippen LogP contribution is 2.71. The Labute approximate surface area is 116 Å². The lowest BCUT2D eigenvalue weighted by Gasteiger charge is -2.70. The minimum atomic E-state index is -4.86. The zero-order valence-electron chi connectivity index (χ0n) is 10.8. The van der Waals surface area contributed by atoms with E-state index >= 15 is 0 Å². The summed E-state index contributed by atoms with van der Waals surface area (Å²) in [6.07, 6.45) is 1.45. The first kappa shape index (κ1) is 16.5. The summed E-state index contributed by atoms with van der Waals surface area (Å²) >= 11 is 0. The molecule has 0 aromatic carbocycles. The standard InChI is InChI=1S/C9H21N3O6P2/c10-8(9(11,12)20(16,17)18)4-3-7(8)2-1-6(7)5-19(13,14)15/h6H,1-5,10-12H2,(H2,13,14,15)(H2,16,17,18). The summed E-state index contributed by atoms with van der Waals surface area (Å²) in [6.45, 7) is 0. The molecule has 0 aromatic heterocycles. The normalized spacial score (nSPS) is 38.5. The Kier molecular flexibility index (Phi) is 3.60. The minimum absolute atomic E-state index is 0.225. The van der Waals surface area contributed by atoms with Gasteiger partial charge in [-0.15, -0.1) is 0 Å². The van der Waals surface area contributed by atoms with Crippen LogP contribution >= 0.6 is 15.2 Å². The molecule has 20 heavy (non-hydrogen) atoms. The van der Waals surface area contributed by atoms with Crippen LogP contribution in [-0.4, -0.2) is 36.7 Å². The van der Waals surface area contributed by atoms with Gasteiger partial charge in [-0.2, -0.15) is 0 Å². The van der Waals surface area contributed by atoms with E-state index in [2.05, 4.69) is 0 Å². The summed E-state index contributed by atoms with van der Waals surface area (Å²) in [5.74, 6) is -0.417. The highest BCUT2D eigenvalue weighted by Gasteiger charge is 2.74. The molecule has 0 amide bonds. The molecule has 9 nitrogen and oxygen atoms in total. The molecule has 2 aliphatic rings. The van der Waals surface area contributed by atoms with Gasteiger partial charge in [0.2, 0.25) is 0 Å². The maximum atomic E-state index is 11.5. The molecule has 2 saturated carbocycles. The van der Waals surface area contributed by atoms with Crippen LogP contribution in [0.25, 0.3) is 0 Å². The Balaban J connectivity index is 2.32. The first-order valence-electron chi connectivity index (χ1n) is 6.24. The third-order valence-electron chi connectivity index (χ3n) is 5.23. The van der Waals surface area contributed by atoms with Gasteiger partial charge in [-0.3, -0.25) is 9.13 Å². The summed E-state index contributed by atoms with van der Waals surface area (Å²) in [5, 5.41) is -2.40. The number of nitrogens with two attached hydrogens (primary N) is 3. The molecule has 2 aliphatic carbocycles. The van der Waals surface area contributed by atoms with Crippen molar-refractivity contribution in [1.29, 1.82) is 0 Å². The highest BCUT2D eigenvalue weighted by atomic mass is 31.2. The van der Waals surface area contributed by atoms with Crippen molar-refractivity contribution >= 4 is 15.2 Å². The Morgan fingerprint density at radius 2 is 1.65 bits per heavy atom. The first-order chi connectivity index (χ1) is 8.77. The summed E-state index contributed by atoms with van der Waals surface area (Å²) in [7, 11) is -9.08. The van der Waals surface area contributed by atoms with Crippen molar-refractivity contribution in [2.45, 2.75) is 36.6 Å². The molecular formula is C9H21N3O6P2. The molecule has 0 heterocycles. The Morgan fingerprint density at radius 1 is 1.10 bits per heavy atom. The fourth-order valence-electron chi connectivity index (χ4n) is 3.74. The fraction of sp³-hybridized carbons (Fsp3) is 1.00. The quantitative estimate of drug-likeness (QED) is 0.245. The lowest BCUT2D eigenvalue weighted by Crippen LogP contribution is -2.84. The van der Waals surface area contributed by atoms with Crippen molar-refractivity contribution in [1.82, 2.24) is 0 Å². The van der Waals surface area contributed by atoms with Gasteiger partial charge in [0.15, 0.2) is 5.40 Å². The van der Waals surface area contributed by atoms with Gasteiger partial charge in [0, 0.05) is 0 Å². The van der Waals surface area contributed by atoms with E-state index in [9.17, 15) is 18.9 Å². The van der Waals surface area contributed by atoms with E-state index in [4.69, 9.17) is 27.0 Å². The van der Waals surface area contributed by atoms with Crippen LogP contribution in [0.5, 0.6) is 0 Å². The second kappa shape index (κ2) is 4.35. The molecule has 3 unspecified atom stereocenters. The van der Waals surface area contributed by atoms with Crippen molar-refractivity contribution < 1.29 is 28.7 Å². The maximum Gasteiger partial charge on any atom is 0.361 e. The number of hydrogen-bond acceptors (Lipinski definition) is 5. The molecule has 0 bridgehead atoms. The smallest absolute Gasteiger partial charge is 0.324 e. The van der Waals surface area contributed by atoms with E-state index in [-0.39, 0.29) is 12.6 Å². The fourth-order valence-corrected chi connectivity index (χ4v) is 5.70. The van der Waals surface area contributed by atoms with Crippen LogP contribution in [0.3, 0.4) is 0 Å². The van der Waals surface area contributed by atoms with Crippen molar-refractivity contribution in [3.63, 3.8) is 0 Å². The highest BCUT2D eigenvalue weighted by molar-refractivity contribution is 7.53. The zero-order valence-corrected chi connectivity index (χ0v) is 12.6. The van der Waals surface area contributed by atoms with Crippen molar-refractivity contribution in [2.75, 3.05) is 6.16 Å². The lowest BCUT2D eigenvalue weighted by atomic mass is 9.40. The van der Waals surface area contributed by atoms with E-state index in [1.54, 1.807) is 0 Å². The van der Waals surface area contributed by atoms with Crippen LogP contribution in [0.4, 0.5) is 0 Å². The van der Waals surface area contributed by atoms with Gasteiger partial charge in [0.25, 0.3) is 0 Å². The summed E-state index contributed by atoms with van der Waals surface area (Å²) < 4.78 is 22.7. The number of rotatable bonds is 4. The van der Waals surface area contributed by atoms with Gasteiger partial charge in [0.05, 0.1) is 11.7 Å². The third-order valence-corrected chi connectivity index (χ3v) is 7.51. The third kappa shape index (κ3) is 2.05. The van der Waals surface area contributed by atoms with Gasteiger partial charge >= 0.3 is 15.2 Å². The average Bonchev–Trinajstić information content (AvgIpc) is 2.19. The Morgan fingerprint density at radius 3 is 1.90 bits per heavy atom. The molecule has 0 aromatic rings. The van der Waals surface area contributed by atoms with Crippen molar-refractivity contribution in [2.24, 2.45) is 28.5 Å². The van der Waals surface area contributed by atoms with Crippen LogP contribution in [0.1, 0.15) is 25.7 Å². The monoisotopic (exact) mass is 329 g/mol. The topological polar surface area (TPSA) is 193 Å². The lowest BCUT2D eigenvalue weighted by molar-refractivity contribution is -0.143. The zero-order chi connectivity index (χ0) is 15.6. The largest absolute Gasteiger partial charge is 0.361 e. The van der Waals surface area contributed by atoms with E-state index in [1.165, 1.54) is 0 Å². The van der Waals surface area contributed by atoms with Gasteiger partial charge in [-0.1, -0.05) is 0 Å². The van der Waals surface area contributed by atoms with Crippen LogP contribution < -0.4 is 17.2 Å². The second-order valence-corrected chi connectivity index (χ2v) is 9.60. The Bertz CT molecular complexity index is 512. The van der Waals surface area contributed by atoms with Crippen LogP contribution in [0, 0.1) is 11.3 Å². The van der Waals surface area contributed by atoms with Crippen molar-refractivity contribution in [3.05, 3.63) is 0 Å². The van der Waals surface area contributed by atoms with Crippen LogP contribution in [0.15, 0.2) is 0 Å². The molecule has 0 aliphatic heterocycles. The maximum absolute atomic E-state index is 11.5. The van der Waals surface area contributed by atoms with Gasteiger partial charge in [-0.05, 0) is 37.0 Å². The minimum Gasteiger partial charge on any atom is -0.324 e. The van der Waals surface area contributed by atoms with Crippen molar-refractivity contribution in [3.8, 4) is 0 Å². The van der Waals surface area contributed by atoms with Gasteiger partial charge in [0.1, 0.15) is 0 Å². The van der Waals surface area contributed by atoms with Crippen LogP contribution in [-0.2, 0) is 9.13 Å². The molecule has 2 rings (SSSR count). The molecule has 3 atom stereocenters. The molecule has 10 N–H and O–H groups in total. The average molecular weight is 329 g/mol. The number of hydrogen-bond donors (Lipinski definition) is 7. The van der Waals surface area contributed by atoms with E-state index in [1.807, 2.05) is 0 Å². The van der Waals surface area contributed by atoms with E-state index in [0.29, 0.717) is 19.3 Å². The Hall–Kier alpha value is 0.180. The van der Waals surface area contributed by atoms with Crippen LogP contribution in [0.2, 0.25) is 0 Å². The van der Waals surface area contributed by atoms with Gasteiger partial charge in [-0.25, -0.2) is 0 Å². The summed E-state index contributed by atoms with van der Waals surface area (Å²) in [6, 6.07) is 0. The molecule has 1 spiro atoms. The predicted octanol–water partition coefficient (Wildman–Crippen LogP) is -1.20.